The molecule has 1 unspecified atom stereocenters. The molecule has 0 aliphatic rings. The first-order valence-corrected chi connectivity index (χ1v) is 11.9. The number of hydrogen-bond acceptors (Lipinski definition) is 11. The van der Waals surface area contributed by atoms with Gasteiger partial charge in [-0.05, 0) is 32.8 Å². The van der Waals surface area contributed by atoms with E-state index in [9.17, 15) is 14.4 Å². The Balaban J connectivity index is 0.000000838. The maximum Gasteiger partial charge on any atom is 1.00 e. The molecule has 0 aliphatic heterocycles. The molecule has 0 amide bonds. The molecule has 2 aromatic rings. The second kappa shape index (κ2) is 18.1. The Morgan fingerprint density at radius 1 is 1.03 bits per heavy atom. The van der Waals surface area contributed by atoms with Gasteiger partial charge in [-0.2, -0.15) is 0 Å². The molecule has 1 aromatic carbocycles. The van der Waals surface area contributed by atoms with Crippen LogP contribution in [0, 0.1) is 0 Å². The van der Waals surface area contributed by atoms with Crippen molar-refractivity contribution >= 4 is 42.6 Å². The average Bonchev–Trinajstić information content (AvgIpc) is 2.75. The summed E-state index contributed by atoms with van der Waals surface area (Å²) in [6.45, 7) is 9.98. The topological polar surface area (TPSA) is 149 Å². The third-order valence-corrected chi connectivity index (χ3v) is 4.44. The summed E-state index contributed by atoms with van der Waals surface area (Å²) in [7, 11) is -1.59. The summed E-state index contributed by atoms with van der Waals surface area (Å²) in [5.74, 6) is -1.50. The fourth-order valence-electron chi connectivity index (χ4n) is 2.89. The van der Waals surface area contributed by atoms with Crippen LogP contribution in [0.15, 0.2) is 36.5 Å². The van der Waals surface area contributed by atoms with Crippen molar-refractivity contribution in [1.29, 1.82) is 0 Å². The van der Waals surface area contributed by atoms with Gasteiger partial charge in [-0.25, -0.2) is 4.98 Å². The first-order chi connectivity index (χ1) is 17.3. The molecule has 0 saturated heterocycles. The van der Waals surface area contributed by atoms with Crippen LogP contribution < -0.4 is 40.2 Å². The van der Waals surface area contributed by atoms with Crippen molar-refractivity contribution in [3.63, 3.8) is 0 Å². The zero-order valence-electron chi connectivity index (χ0n) is 22.9. The normalized spacial score (nSPS) is 11.3. The van der Waals surface area contributed by atoms with Crippen LogP contribution in [-0.4, -0.2) is 59.0 Å². The SMILES string of the molecule is CC(=O)O[B-](OC(C)=O)OC(C)=O.CC(C)(C)Nc1cnc(C(Cc2ccccc2)NCCO)c(Cl)n1.[Na+]. The monoisotopic (exact) mass is 559 g/mol. The minimum absolute atomic E-state index is 0. The number of rotatable bonds is 10. The number of nitrogens with zero attached hydrogens (tertiary/aromatic N) is 2. The van der Waals surface area contributed by atoms with E-state index in [2.05, 4.69) is 67.5 Å². The summed E-state index contributed by atoms with van der Waals surface area (Å²) in [6.07, 6.45) is 2.42. The summed E-state index contributed by atoms with van der Waals surface area (Å²) in [5, 5.41) is 16.0. The Kier molecular flexibility index (Phi) is 17.1. The molecule has 2 rings (SSSR count). The van der Waals surface area contributed by atoms with Crippen molar-refractivity contribution < 1.29 is 63.0 Å². The van der Waals surface area contributed by atoms with Crippen LogP contribution >= 0.6 is 11.6 Å². The van der Waals surface area contributed by atoms with Crippen molar-refractivity contribution in [3.05, 3.63) is 52.9 Å². The minimum Gasteiger partial charge on any atom is -0.642 e. The van der Waals surface area contributed by atoms with Crippen LogP contribution in [0.25, 0.3) is 0 Å². The summed E-state index contributed by atoms with van der Waals surface area (Å²) in [4.78, 5) is 40.2. The van der Waals surface area contributed by atoms with Crippen molar-refractivity contribution in [2.75, 3.05) is 18.5 Å². The predicted molar refractivity (Wildman–Crippen MR) is 139 cm³/mol. The van der Waals surface area contributed by atoms with E-state index in [0.29, 0.717) is 23.2 Å². The van der Waals surface area contributed by atoms with E-state index >= 15 is 0 Å². The zero-order chi connectivity index (χ0) is 28.0. The number of carbonyl (C=O) groups excluding carboxylic acids is 3. The smallest absolute Gasteiger partial charge is 0.642 e. The van der Waals surface area contributed by atoms with Gasteiger partial charge in [-0.1, -0.05) is 41.9 Å². The van der Waals surface area contributed by atoms with Gasteiger partial charge in [0.25, 0.3) is 17.9 Å². The second-order valence-electron chi connectivity index (χ2n) is 8.84. The number of halogens is 1. The van der Waals surface area contributed by atoms with Crippen molar-refractivity contribution in [2.45, 2.75) is 59.5 Å². The van der Waals surface area contributed by atoms with Crippen LogP contribution in [0.1, 0.15) is 58.8 Å². The molecule has 1 radical (unpaired) electrons. The number of benzene rings is 1. The third kappa shape index (κ3) is 15.9. The summed E-state index contributed by atoms with van der Waals surface area (Å²) < 4.78 is 13.0. The number of hydrogen-bond donors (Lipinski definition) is 3. The zero-order valence-corrected chi connectivity index (χ0v) is 25.7. The number of nitrogens with one attached hydrogen (secondary N) is 2. The van der Waals surface area contributed by atoms with E-state index in [0.717, 1.165) is 27.2 Å². The molecule has 0 spiro atoms. The Morgan fingerprint density at radius 2 is 1.55 bits per heavy atom. The Morgan fingerprint density at radius 3 is 1.97 bits per heavy atom. The molecule has 1 heterocycles. The van der Waals surface area contributed by atoms with Crippen molar-refractivity contribution in [3.8, 4) is 0 Å². The second-order valence-corrected chi connectivity index (χ2v) is 9.20. The van der Waals surface area contributed by atoms with Crippen molar-refractivity contribution in [2.24, 2.45) is 0 Å². The van der Waals surface area contributed by atoms with Crippen LogP contribution in [0.4, 0.5) is 5.82 Å². The van der Waals surface area contributed by atoms with E-state index in [-0.39, 0.29) is 47.7 Å². The molecule has 1 atom stereocenters. The maximum absolute atomic E-state index is 10.4. The molecular weight excluding hydrogens is 526 g/mol. The Hall–Kier alpha value is -2.22. The number of anilines is 1. The molecule has 14 heteroatoms. The number of aliphatic hydroxyl groups excluding tert-OH is 1. The van der Waals surface area contributed by atoms with Gasteiger partial charge < -0.3 is 29.7 Å². The quantitative estimate of drug-likeness (QED) is 0.334. The van der Waals surface area contributed by atoms with Gasteiger partial charge in [-0.15, -0.1) is 0 Å². The van der Waals surface area contributed by atoms with Gasteiger partial charge in [0.2, 0.25) is 0 Å². The molecule has 0 saturated carbocycles. The molecule has 203 valence electrons. The van der Waals surface area contributed by atoms with E-state index in [1.807, 2.05) is 18.2 Å². The standard InChI is InChI=1S/C18H25ClN4O.C6H9BO6.Na/c1-18(2,3)23-15-12-21-16(17(19)22-15)14(20-9-10-24)11-13-7-5-4-6-8-13;1-4(8)11-7(12-5(2)9)13-6(3)10;/h4-8,12,14,20,24H,9-11H2,1-3H3,(H,22,23);1-3H3;/q;-1;+1. The van der Waals surface area contributed by atoms with Gasteiger partial charge in [0.05, 0.1) is 24.5 Å². The predicted octanol–water partition coefficient (Wildman–Crippen LogP) is -0.129. The number of aromatic nitrogens is 2. The molecule has 0 fully saturated rings. The average molecular weight is 560 g/mol. The largest absolute Gasteiger partial charge is 1.00 e. The molecule has 0 bridgehead atoms. The third-order valence-electron chi connectivity index (χ3n) is 4.16. The van der Waals surface area contributed by atoms with E-state index < -0.39 is 25.2 Å². The van der Waals surface area contributed by atoms with E-state index in [1.54, 1.807) is 6.20 Å². The van der Waals surface area contributed by atoms with Crippen LogP contribution in [0.3, 0.4) is 0 Å². The van der Waals surface area contributed by atoms with Gasteiger partial charge in [0.1, 0.15) is 5.82 Å². The van der Waals surface area contributed by atoms with Gasteiger partial charge in [0.15, 0.2) is 5.15 Å². The fraction of sp³-hybridized carbons (Fsp3) is 0.458. The molecule has 0 aliphatic carbocycles. The molecule has 11 nitrogen and oxygen atoms in total. The van der Waals surface area contributed by atoms with Crippen LogP contribution in [0.2, 0.25) is 5.15 Å². The molecule has 3 N–H and O–H groups in total. The van der Waals surface area contributed by atoms with Gasteiger partial charge >= 0.3 is 36.9 Å². The fourth-order valence-corrected chi connectivity index (χ4v) is 3.16. The van der Waals surface area contributed by atoms with Gasteiger partial charge in [0, 0.05) is 32.9 Å². The van der Waals surface area contributed by atoms with E-state index in [4.69, 9.17) is 16.7 Å². The Bertz CT molecular complexity index is 991. The number of carbonyl (C=O) groups is 3. The molecule has 38 heavy (non-hydrogen) atoms. The maximum atomic E-state index is 10.4. The van der Waals surface area contributed by atoms with Gasteiger partial charge in [-0.3, -0.25) is 19.4 Å². The minimum atomic E-state index is -1.59. The molecular formula is C24H34BClN4NaO7. The first-order valence-electron chi connectivity index (χ1n) is 11.5. The summed E-state index contributed by atoms with van der Waals surface area (Å²) >= 11 is 6.38. The number of aliphatic hydroxyl groups is 1. The van der Waals surface area contributed by atoms with Crippen LogP contribution in [0.5, 0.6) is 0 Å². The molecule has 1 aromatic heterocycles. The first kappa shape index (κ1) is 35.8. The van der Waals surface area contributed by atoms with E-state index in [1.165, 1.54) is 5.56 Å². The summed E-state index contributed by atoms with van der Waals surface area (Å²) in [6, 6.07) is 10.0. The van der Waals surface area contributed by atoms with Crippen LogP contribution in [-0.2, 0) is 34.8 Å². The van der Waals surface area contributed by atoms with Crippen molar-refractivity contribution in [1.82, 2.24) is 15.3 Å². The summed E-state index contributed by atoms with van der Waals surface area (Å²) in [5.41, 5.74) is 1.74. The Labute approximate surface area is 250 Å².